The van der Waals surface area contributed by atoms with Gasteiger partial charge in [0, 0.05) is 65.4 Å². The molecule has 1 aliphatic rings. The molecular weight excluding hydrogens is 831 g/mol. The summed E-state index contributed by atoms with van der Waals surface area (Å²) in [7, 11) is -4.89. The zero-order valence-electron chi connectivity index (χ0n) is 37.8. The van der Waals surface area contributed by atoms with Crippen LogP contribution in [0.25, 0.3) is 0 Å². The molecule has 1 unspecified atom stereocenters. The first-order valence-corrected chi connectivity index (χ1v) is 22.2. The molecule has 1 saturated heterocycles. The lowest BCUT2D eigenvalue weighted by Crippen LogP contribution is -2.59. The molecule has 0 spiro atoms. The Bertz CT molecular complexity index is 1700. The maximum Gasteiger partial charge on any atom is 0.407 e. The number of alkyl carbamates (subject to hydrolysis) is 1. The molecule has 1 aromatic rings. The number of carbonyl (C=O) groups is 6. The van der Waals surface area contributed by atoms with Crippen LogP contribution in [-0.4, -0.2) is 182 Å². The van der Waals surface area contributed by atoms with Gasteiger partial charge in [0.05, 0.1) is 31.3 Å². The van der Waals surface area contributed by atoms with Crippen molar-refractivity contribution in [3.63, 3.8) is 0 Å². The number of rotatable bonds is 17. The highest BCUT2D eigenvalue weighted by molar-refractivity contribution is 7.85. The van der Waals surface area contributed by atoms with Gasteiger partial charge in [0.15, 0.2) is 0 Å². The molecule has 352 valence electrons. The number of primary amides is 1. The lowest BCUT2D eigenvalue weighted by molar-refractivity contribution is -0.158. The van der Waals surface area contributed by atoms with Crippen molar-refractivity contribution >= 4 is 45.9 Å². The van der Waals surface area contributed by atoms with Crippen molar-refractivity contribution in [2.45, 2.75) is 91.8 Å². The van der Waals surface area contributed by atoms with Gasteiger partial charge in [0.25, 0.3) is 10.1 Å². The normalized spacial score (nSPS) is 17.0. The maximum atomic E-state index is 13.8. The van der Waals surface area contributed by atoms with E-state index in [9.17, 15) is 41.7 Å². The minimum Gasteiger partial charge on any atom is -0.459 e. The molecule has 1 aliphatic heterocycles. The smallest absolute Gasteiger partial charge is 0.407 e. The summed E-state index contributed by atoms with van der Waals surface area (Å²) in [6.45, 7) is 15.7. The summed E-state index contributed by atoms with van der Waals surface area (Å²) in [4.78, 5) is 85.6. The Morgan fingerprint density at radius 1 is 0.661 bits per heavy atom. The van der Waals surface area contributed by atoms with E-state index in [1.807, 2.05) is 11.0 Å². The van der Waals surface area contributed by atoms with Crippen molar-refractivity contribution in [2.24, 2.45) is 11.7 Å². The average molecular weight is 900 g/mol. The lowest BCUT2D eigenvalue weighted by Gasteiger charge is -2.38. The van der Waals surface area contributed by atoms with Gasteiger partial charge in [-0.3, -0.25) is 48.1 Å². The second-order valence-corrected chi connectivity index (χ2v) is 19.6. The van der Waals surface area contributed by atoms with Gasteiger partial charge in [-0.15, -0.1) is 0 Å². The molecule has 0 saturated carbocycles. The number of benzene rings is 1. The number of hydrogen-bond donors (Lipinski definition) is 4. The third kappa shape index (κ3) is 23.7. The van der Waals surface area contributed by atoms with E-state index in [2.05, 4.69) is 10.6 Å². The first-order valence-electron chi connectivity index (χ1n) is 20.6. The van der Waals surface area contributed by atoms with Crippen LogP contribution in [0.4, 0.5) is 4.79 Å². The molecule has 20 nitrogen and oxygen atoms in total. The van der Waals surface area contributed by atoms with Crippen LogP contribution in [0.1, 0.15) is 67.9 Å². The largest absolute Gasteiger partial charge is 0.459 e. The fraction of sp³-hybridized carbons (Fsp3) is 0.707. The van der Waals surface area contributed by atoms with Gasteiger partial charge in [-0.25, -0.2) is 4.79 Å². The van der Waals surface area contributed by atoms with Gasteiger partial charge >= 0.3 is 24.0 Å². The Kier molecular flexibility index (Phi) is 21.2. The minimum atomic E-state index is -4.89. The SMILES string of the molecule is CC(C)(C)OC(=O)CN1CCN(CC(=O)OC(C)(C)C)CCN(C(C(N)=O)[C@@H](CS(=O)(=O)O)C(=O)NCCNC(=O)OCc2ccccc2)CCN(CC(=O)OC(C)(C)C)CC1. The van der Waals surface area contributed by atoms with Crippen LogP contribution < -0.4 is 16.4 Å². The van der Waals surface area contributed by atoms with E-state index in [1.54, 1.807) is 96.4 Å². The Morgan fingerprint density at radius 2 is 1.05 bits per heavy atom. The number of esters is 3. The molecule has 21 heteroatoms. The van der Waals surface area contributed by atoms with Gasteiger partial charge in [-0.2, -0.15) is 8.42 Å². The van der Waals surface area contributed by atoms with Crippen LogP contribution in [0.2, 0.25) is 0 Å². The van der Waals surface area contributed by atoms with Crippen molar-refractivity contribution in [1.29, 1.82) is 0 Å². The second-order valence-electron chi connectivity index (χ2n) is 18.1. The van der Waals surface area contributed by atoms with E-state index in [0.29, 0.717) is 0 Å². The fourth-order valence-corrected chi connectivity index (χ4v) is 7.19. The van der Waals surface area contributed by atoms with Gasteiger partial charge in [-0.1, -0.05) is 30.3 Å². The van der Waals surface area contributed by atoms with E-state index in [4.69, 9.17) is 24.7 Å². The summed E-state index contributed by atoms with van der Waals surface area (Å²) >= 11 is 0. The summed E-state index contributed by atoms with van der Waals surface area (Å²) in [6.07, 6.45) is -0.772. The zero-order valence-corrected chi connectivity index (χ0v) is 38.6. The van der Waals surface area contributed by atoms with E-state index >= 15 is 0 Å². The molecule has 5 N–H and O–H groups in total. The fourth-order valence-electron chi connectivity index (χ4n) is 6.40. The third-order valence-corrected chi connectivity index (χ3v) is 9.67. The van der Waals surface area contributed by atoms with E-state index in [-0.39, 0.29) is 91.7 Å². The van der Waals surface area contributed by atoms with E-state index < -0.39 is 80.4 Å². The highest BCUT2D eigenvalue weighted by atomic mass is 32.2. The van der Waals surface area contributed by atoms with Crippen molar-refractivity contribution in [3.05, 3.63) is 35.9 Å². The van der Waals surface area contributed by atoms with E-state index in [1.165, 1.54) is 4.90 Å². The summed E-state index contributed by atoms with van der Waals surface area (Å²) in [5, 5.41) is 5.00. The summed E-state index contributed by atoms with van der Waals surface area (Å²) in [5.74, 6) is -6.53. The quantitative estimate of drug-likeness (QED) is 0.0724. The van der Waals surface area contributed by atoms with Crippen LogP contribution in [0.5, 0.6) is 0 Å². The first kappa shape index (κ1) is 53.7. The Hall–Kier alpha value is -4.41. The molecule has 0 bridgehead atoms. The number of carbonyl (C=O) groups excluding carboxylic acids is 6. The van der Waals surface area contributed by atoms with Crippen molar-refractivity contribution in [1.82, 2.24) is 30.2 Å². The predicted molar refractivity (Wildman–Crippen MR) is 229 cm³/mol. The van der Waals surface area contributed by atoms with Crippen LogP contribution in [0, 0.1) is 5.92 Å². The van der Waals surface area contributed by atoms with Crippen LogP contribution in [0.3, 0.4) is 0 Å². The number of nitrogens with two attached hydrogens (primary N) is 1. The number of nitrogens with one attached hydrogen (secondary N) is 2. The number of ether oxygens (including phenoxy) is 4. The van der Waals surface area contributed by atoms with Crippen molar-refractivity contribution in [2.75, 3.05) is 90.8 Å². The van der Waals surface area contributed by atoms with Crippen LogP contribution >= 0.6 is 0 Å². The molecule has 1 aromatic carbocycles. The average Bonchev–Trinajstić information content (AvgIpc) is 3.10. The minimum absolute atomic E-state index is 0.000333. The standard InChI is InChI=1S/C41H69N7O13S/c1-39(2,3)59-32(49)25-45-17-19-46(26-33(50)60-40(4,5)6)21-23-48(24-22-47(20-18-45)27-34(51)61-41(7,8)9)35(36(42)52)31(29-62(55,56)57)37(53)43-15-16-44-38(54)58-28-30-13-11-10-12-14-30/h10-14,31,35H,15-29H2,1-9H3,(H2,42,52)(H,43,53)(H,44,54)(H,55,56,57)/t31-,35?/m1/s1. The predicted octanol–water partition coefficient (Wildman–Crippen LogP) is 0.634. The third-order valence-electron chi connectivity index (χ3n) is 8.89. The number of amides is 3. The highest BCUT2D eigenvalue weighted by Gasteiger charge is 2.40. The lowest BCUT2D eigenvalue weighted by atomic mass is 9.97. The molecule has 0 aliphatic carbocycles. The van der Waals surface area contributed by atoms with Crippen molar-refractivity contribution < 1.29 is 60.7 Å². The maximum absolute atomic E-state index is 13.8. The van der Waals surface area contributed by atoms with Crippen LogP contribution in [0.15, 0.2) is 30.3 Å². The molecule has 0 aromatic heterocycles. The van der Waals surface area contributed by atoms with Gasteiger partial charge in [0.1, 0.15) is 29.5 Å². The molecule has 2 rings (SSSR count). The number of nitrogens with zero attached hydrogens (tertiary/aromatic N) is 4. The van der Waals surface area contributed by atoms with Crippen LogP contribution in [-0.2, 0) is 59.6 Å². The zero-order chi connectivity index (χ0) is 46.9. The molecule has 2 atom stereocenters. The Balaban J connectivity index is 2.46. The molecule has 3 amide bonds. The van der Waals surface area contributed by atoms with Gasteiger partial charge in [0.2, 0.25) is 11.8 Å². The molecule has 1 heterocycles. The Morgan fingerprint density at radius 3 is 1.42 bits per heavy atom. The Labute approximate surface area is 366 Å². The molecule has 62 heavy (non-hydrogen) atoms. The summed E-state index contributed by atoms with van der Waals surface area (Å²) in [6, 6.07) is 7.32. The summed E-state index contributed by atoms with van der Waals surface area (Å²) < 4.78 is 56.8. The number of hydrogen-bond acceptors (Lipinski definition) is 16. The molecule has 1 fully saturated rings. The monoisotopic (exact) mass is 899 g/mol. The van der Waals surface area contributed by atoms with Crippen molar-refractivity contribution in [3.8, 4) is 0 Å². The highest BCUT2D eigenvalue weighted by Crippen LogP contribution is 2.18. The summed E-state index contributed by atoms with van der Waals surface area (Å²) in [5.41, 5.74) is 4.36. The van der Waals surface area contributed by atoms with Gasteiger partial charge in [-0.05, 0) is 67.9 Å². The first-order chi connectivity index (χ1) is 28.6. The second kappa shape index (κ2) is 24.4. The molecular formula is C41H69N7O13S. The topological polar surface area (TPSA) is 257 Å². The molecule has 0 radical (unpaired) electrons. The van der Waals surface area contributed by atoms with Gasteiger partial charge < -0.3 is 35.3 Å². The van der Waals surface area contributed by atoms with E-state index in [0.717, 1.165) is 5.56 Å².